The molecule has 0 aliphatic carbocycles. The lowest BCUT2D eigenvalue weighted by molar-refractivity contribution is -0.124. The van der Waals surface area contributed by atoms with E-state index in [1.54, 1.807) is 0 Å². The fraction of sp³-hybridized carbons (Fsp3) is 0.375. The predicted molar refractivity (Wildman–Crippen MR) is 82.3 cm³/mol. The van der Waals surface area contributed by atoms with Gasteiger partial charge >= 0.3 is 0 Å². The van der Waals surface area contributed by atoms with Gasteiger partial charge in [0.25, 0.3) is 5.56 Å². The van der Waals surface area contributed by atoms with Crippen LogP contribution in [0.4, 0.5) is 0 Å². The van der Waals surface area contributed by atoms with Crippen molar-refractivity contribution >= 4 is 16.8 Å². The first-order valence-corrected chi connectivity index (χ1v) is 7.15. The Morgan fingerprint density at radius 2 is 2.00 bits per heavy atom. The Morgan fingerprint density at radius 3 is 2.76 bits per heavy atom. The molecule has 5 nitrogen and oxygen atoms in total. The number of aromatic amines is 1. The second kappa shape index (κ2) is 5.33. The van der Waals surface area contributed by atoms with Gasteiger partial charge in [0.2, 0.25) is 5.91 Å². The number of carbonyl (C=O) groups is 1. The smallest absolute Gasteiger partial charge is 0.252 e. The van der Waals surface area contributed by atoms with E-state index >= 15 is 0 Å². The number of piperazine rings is 1. The number of rotatable bonds is 2. The number of nitrogens with one attached hydrogen (secondary N) is 2. The molecule has 1 fully saturated rings. The van der Waals surface area contributed by atoms with Crippen molar-refractivity contribution in [2.45, 2.75) is 20.4 Å². The Hall–Kier alpha value is -2.14. The Labute approximate surface area is 123 Å². The molecule has 2 heterocycles. The maximum Gasteiger partial charge on any atom is 0.252 e. The molecule has 0 spiro atoms. The maximum absolute atomic E-state index is 12.2. The van der Waals surface area contributed by atoms with E-state index in [2.05, 4.69) is 22.4 Å². The first-order valence-electron chi connectivity index (χ1n) is 7.15. The molecule has 5 heteroatoms. The molecule has 0 radical (unpaired) electrons. The standard InChI is InChI=1S/C16H19N3O2/c1-10-5-11(2)15-12(6-10)7-13(16(21)18-15)8-19-4-3-17-14(20)9-19/h5-7H,3-4,8-9H2,1-2H3,(H,17,20)(H,18,21). The van der Waals surface area contributed by atoms with Gasteiger partial charge in [0.05, 0.1) is 12.1 Å². The van der Waals surface area contributed by atoms with Crippen LogP contribution in [0.5, 0.6) is 0 Å². The van der Waals surface area contributed by atoms with Crippen LogP contribution in [0.1, 0.15) is 16.7 Å². The van der Waals surface area contributed by atoms with E-state index in [1.165, 1.54) is 5.56 Å². The minimum atomic E-state index is -0.0690. The van der Waals surface area contributed by atoms with Crippen LogP contribution in [0.25, 0.3) is 10.9 Å². The number of aromatic nitrogens is 1. The van der Waals surface area contributed by atoms with Crippen LogP contribution < -0.4 is 10.9 Å². The summed E-state index contributed by atoms with van der Waals surface area (Å²) in [5, 5.41) is 3.84. The van der Waals surface area contributed by atoms with Crippen LogP contribution in [-0.4, -0.2) is 35.4 Å². The molecule has 1 amide bonds. The number of hydrogen-bond donors (Lipinski definition) is 2. The van der Waals surface area contributed by atoms with Gasteiger partial charge in [0.1, 0.15) is 0 Å². The monoisotopic (exact) mass is 285 g/mol. The molecule has 0 saturated carbocycles. The number of aryl methyl sites for hydroxylation is 2. The highest BCUT2D eigenvalue weighted by molar-refractivity contribution is 5.83. The molecule has 1 aromatic carbocycles. The Morgan fingerprint density at radius 1 is 1.19 bits per heavy atom. The Kier molecular flexibility index (Phi) is 3.51. The summed E-state index contributed by atoms with van der Waals surface area (Å²) in [4.78, 5) is 28.6. The lowest BCUT2D eigenvalue weighted by atomic mass is 10.1. The van der Waals surface area contributed by atoms with E-state index in [1.807, 2.05) is 24.8 Å². The van der Waals surface area contributed by atoms with Gasteiger partial charge < -0.3 is 10.3 Å². The average Bonchev–Trinajstić information content (AvgIpc) is 2.41. The minimum Gasteiger partial charge on any atom is -0.354 e. The maximum atomic E-state index is 12.2. The first-order chi connectivity index (χ1) is 10.0. The lowest BCUT2D eigenvalue weighted by Gasteiger charge is -2.26. The molecule has 0 unspecified atom stereocenters. The van der Waals surface area contributed by atoms with Crippen molar-refractivity contribution in [2.24, 2.45) is 0 Å². The number of fused-ring (bicyclic) bond motifs is 1. The quantitative estimate of drug-likeness (QED) is 0.867. The third-order valence-corrected chi connectivity index (χ3v) is 3.88. The van der Waals surface area contributed by atoms with Crippen LogP contribution >= 0.6 is 0 Å². The molecule has 1 aromatic heterocycles. The summed E-state index contributed by atoms with van der Waals surface area (Å²) in [5.41, 5.74) is 3.79. The van der Waals surface area contributed by atoms with Crippen molar-refractivity contribution in [3.8, 4) is 0 Å². The molecule has 2 aromatic rings. The summed E-state index contributed by atoms with van der Waals surface area (Å²) >= 11 is 0. The summed E-state index contributed by atoms with van der Waals surface area (Å²) in [6.07, 6.45) is 0. The fourth-order valence-corrected chi connectivity index (χ4v) is 2.92. The molecule has 21 heavy (non-hydrogen) atoms. The average molecular weight is 285 g/mol. The zero-order chi connectivity index (χ0) is 15.0. The van der Waals surface area contributed by atoms with Crippen molar-refractivity contribution in [1.82, 2.24) is 15.2 Å². The predicted octanol–water partition coefficient (Wildman–Crippen LogP) is 1.08. The SMILES string of the molecule is Cc1cc(C)c2[nH]c(=O)c(CN3CCNC(=O)C3)cc2c1. The Balaban J connectivity index is 1.97. The number of hydrogen-bond acceptors (Lipinski definition) is 3. The molecule has 2 N–H and O–H groups in total. The molecule has 3 rings (SSSR count). The van der Waals surface area contributed by atoms with Crippen LogP contribution in [0, 0.1) is 13.8 Å². The highest BCUT2D eigenvalue weighted by atomic mass is 16.2. The number of pyridine rings is 1. The van der Waals surface area contributed by atoms with Crippen molar-refractivity contribution in [3.63, 3.8) is 0 Å². The van der Waals surface area contributed by atoms with E-state index in [-0.39, 0.29) is 11.5 Å². The van der Waals surface area contributed by atoms with E-state index in [0.717, 1.165) is 23.0 Å². The zero-order valence-corrected chi connectivity index (χ0v) is 12.3. The van der Waals surface area contributed by atoms with E-state index in [9.17, 15) is 9.59 Å². The summed E-state index contributed by atoms with van der Waals surface area (Å²) < 4.78 is 0. The Bertz CT molecular complexity index is 764. The van der Waals surface area contributed by atoms with E-state index < -0.39 is 0 Å². The van der Waals surface area contributed by atoms with Gasteiger partial charge in [0.15, 0.2) is 0 Å². The van der Waals surface area contributed by atoms with Crippen LogP contribution in [0.15, 0.2) is 23.0 Å². The molecule has 1 aliphatic heterocycles. The van der Waals surface area contributed by atoms with E-state index in [4.69, 9.17) is 0 Å². The van der Waals surface area contributed by atoms with Gasteiger partial charge in [-0.15, -0.1) is 0 Å². The third kappa shape index (κ3) is 2.83. The molecule has 0 bridgehead atoms. The van der Waals surface area contributed by atoms with Crippen LogP contribution in [-0.2, 0) is 11.3 Å². The molecule has 110 valence electrons. The normalized spacial score (nSPS) is 16.2. The minimum absolute atomic E-state index is 0.0187. The van der Waals surface area contributed by atoms with Crippen LogP contribution in [0.2, 0.25) is 0 Å². The summed E-state index contributed by atoms with van der Waals surface area (Å²) in [7, 11) is 0. The van der Waals surface area contributed by atoms with Gasteiger partial charge in [-0.1, -0.05) is 11.6 Å². The topological polar surface area (TPSA) is 65.2 Å². The third-order valence-electron chi connectivity index (χ3n) is 3.88. The lowest BCUT2D eigenvalue weighted by Crippen LogP contribution is -2.47. The summed E-state index contributed by atoms with van der Waals surface area (Å²) in [5.74, 6) is 0.0187. The number of nitrogens with zero attached hydrogens (tertiary/aromatic N) is 1. The van der Waals surface area contributed by atoms with E-state index in [0.29, 0.717) is 25.2 Å². The highest BCUT2D eigenvalue weighted by Gasteiger charge is 2.17. The summed E-state index contributed by atoms with van der Waals surface area (Å²) in [6.45, 7) is 6.32. The first kappa shape index (κ1) is 13.8. The molecular formula is C16H19N3O2. The number of amides is 1. The number of benzene rings is 1. The second-order valence-electron chi connectivity index (χ2n) is 5.73. The molecular weight excluding hydrogens is 266 g/mol. The van der Waals surface area contributed by atoms with Gasteiger partial charge in [-0.3, -0.25) is 14.5 Å². The number of H-pyrrole nitrogens is 1. The van der Waals surface area contributed by atoms with Crippen molar-refractivity contribution in [2.75, 3.05) is 19.6 Å². The van der Waals surface area contributed by atoms with Crippen LogP contribution in [0.3, 0.4) is 0 Å². The van der Waals surface area contributed by atoms with Crippen molar-refractivity contribution in [3.05, 3.63) is 45.2 Å². The largest absolute Gasteiger partial charge is 0.354 e. The second-order valence-corrected chi connectivity index (χ2v) is 5.73. The van der Waals surface area contributed by atoms with Crippen molar-refractivity contribution < 1.29 is 4.79 Å². The van der Waals surface area contributed by atoms with Gasteiger partial charge in [-0.2, -0.15) is 0 Å². The number of carbonyl (C=O) groups excluding carboxylic acids is 1. The fourth-order valence-electron chi connectivity index (χ4n) is 2.92. The molecule has 0 atom stereocenters. The molecule has 1 saturated heterocycles. The zero-order valence-electron chi connectivity index (χ0n) is 12.3. The van der Waals surface area contributed by atoms with Crippen molar-refractivity contribution in [1.29, 1.82) is 0 Å². The van der Waals surface area contributed by atoms with Gasteiger partial charge in [0, 0.05) is 25.2 Å². The summed E-state index contributed by atoms with van der Waals surface area (Å²) in [6, 6.07) is 6.08. The molecule has 1 aliphatic rings. The van der Waals surface area contributed by atoms with Gasteiger partial charge in [-0.05, 0) is 36.9 Å². The van der Waals surface area contributed by atoms with Gasteiger partial charge in [-0.25, -0.2) is 0 Å². The highest BCUT2D eigenvalue weighted by Crippen LogP contribution is 2.18.